The van der Waals surface area contributed by atoms with Crippen LogP contribution < -0.4 is 10.9 Å². The summed E-state index contributed by atoms with van der Waals surface area (Å²) in [6.45, 7) is 1.84. The molecule has 1 heterocycles. The second-order valence-electron chi connectivity index (χ2n) is 5.64. The molecule has 7 nitrogen and oxygen atoms in total. The summed E-state index contributed by atoms with van der Waals surface area (Å²) >= 11 is 1.43. The Morgan fingerprint density at radius 2 is 1.67 bits per heavy atom. The molecule has 3 aromatic rings. The first kappa shape index (κ1) is 18.5. The third kappa shape index (κ3) is 4.68. The Morgan fingerprint density at radius 3 is 2.33 bits per heavy atom. The minimum atomic E-state index is -0.608. The highest BCUT2D eigenvalue weighted by atomic mass is 32.2. The highest BCUT2D eigenvalue weighted by molar-refractivity contribution is 7.98. The van der Waals surface area contributed by atoms with E-state index in [0.29, 0.717) is 17.1 Å². The first-order valence-corrected chi connectivity index (χ1v) is 9.06. The van der Waals surface area contributed by atoms with E-state index in [9.17, 15) is 14.7 Å². The zero-order chi connectivity index (χ0) is 19.2. The molecule has 2 amide bonds. The van der Waals surface area contributed by atoms with Crippen molar-refractivity contribution >= 4 is 23.6 Å². The number of carbonyl (C=O) groups is 2. The van der Waals surface area contributed by atoms with Crippen LogP contribution in [0.4, 0.5) is 0 Å². The summed E-state index contributed by atoms with van der Waals surface area (Å²) in [6.07, 6.45) is 0. The summed E-state index contributed by atoms with van der Waals surface area (Å²) < 4.78 is 5.17. The third-order valence-corrected chi connectivity index (χ3v) is 4.71. The van der Waals surface area contributed by atoms with E-state index in [1.54, 1.807) is 24.3 Å². The van der Waals surface area contributed by atoms with E-state index in [-0.39, 0.29) is 11.3 Å². The number of aromatic nitrogens is 1. The van der Waals surface area contributed by atoms with E-state index in [2.05, 4.69) is 16.0 Å². The quantitative estimate of drug-likeness (QED) is 0.462. The highest BCUT2D eigenvalue weighted by Gasteiger charge is 2.15. The van der Waals surface area contributed by atoms with Gasteiger partial charge in [-0.15, -0.1) is 11.8 Å². The summed E-state index contributed by atoms with van der Waals surface area (Å²) in [5, 5.41) is 13.5. The maximum absolute atomic E-state index is 12.5. The molecule has 8 heteroatoms. The molecule has 27 heavy (non-hydrogen) atoms. The van der Waals surface area contributed by atoms with Crippen molar-refractivity contribution in [2.24, 2.45) is 0 Å². The summed E-state index contributed by atoms with van der Waals surface area (Å²) in [5.41, 5.74) is 5.95. The zero-order valence-corrected chi connectivity index (χ0v) is 15.2. The predicted octanol–water partition coefficient (Wildman–Crippen LogP) is 3.06. The maximum Gasteiger partial charge on any atom is 0.273 e. The van der Waals surface area contributed by atoms with Crippen molar-refractivity contribution in [1.82, 2.24) is 16.0 Å². The lowest BCUT2D eigenvalue weighted by molar-refractivity contribution is 0.0843. The molecule has 0 spiro atoms. The van der Waals surface area contributed by atoms with Crippen LogP contribution in [0.25, 0.3) is 0 Å². The van der Waals surface area contributed by atoms with Gasteiger partial charge in [-0.25, -0.2) is 0 Å². The van der Waals surface area contributed by atoms with Crippen LogP contribution in [0.15, 0.2) is 64.0 Å². The van der Waals surface area contributed by atoms with Gasteiger partial charge in [0, 0.05) is 11.0 Å². The number of hydrazine groups is 1. The lowest BCUT2D eigenvalue weighted by atomic mass is 10.2. The fourth-order valence-electron chi connectivity index (χ4n) is 2.33. The van der Waals surface area contributed by atoms with Gasteiger partial charge in [0.1, 0.15) is 11.5 Å². The Labute approximate surface area is 159 Å². The number of thioether (sulfide) groups is 1. The minimum absolute atomic E-state index is 0.0705. The molecule has 0 aliphatic heterocycles. The number of rotatable bonds is 5. The molecular formula is C19H17N3O4S. The van der Waals surface area contributed by atoms with E-state index in [0.717, 1.165) is 10.6 Å². The van der Waals surface area contributed by atoms with Gasteiger partial charge < -0.3 is 9.63 Å². The molecule has 0 fully saturated rings. The number of amides is 2. The third-order valence-electron chi connectivity index (χ3n) is 3.62. The topological polar surface area (TPSA) is 104 Å². The summed E-state index contributed by atoms with van der Waals surface area (Å²) in [6, 6.07) is 15.0. The Morgan fingerprint density at radius 1 is 1.04 bits per heavy atom. The fourth-order valence-corrected chi connectivity index (χ4v) is 3.25. The number of nitrogens with one attached hydrogen (secondary N) is 2. The van der Waals surface area contributed by atoms with Gasteiger partial charge in [0.05, 0.1) is 22.6 Å². The molecule has 0 radical (unpaired) electrons. The summed E-state index contributed by atoms with van der Waals surface area (Å²) in [4.78, 5) is 25.3. The van der Waals surface area contributed by atoms with E-state index in [1.807, 2.05) is 25.1 Å². The van der Waals surface area contributed by atoms with Crippen molar-refractivity contribution in [3.8, 4) is 5.75 Å². The fraction of sp³-hybridized carbons (Fsp3) is 0.105. The molecule has 0 unspecified atom stereocenters. The average Bonchev–Trinajstić information content (AvgIpc) is 3.10. The van der Waals surface area contributed by atoms with Crippen LogP contribution in [-0.2, 0) is 5.75 Å². The van der Waals surface area contributed by atoms with Gasteiger partial charge in [-0.3, -0.25) is 20.4 Å². The van der Waals surface area contributed by atoms with E-state index in [4.69, 9.17) is 4.52 Å². The highest BCUT2D eigenvalue weighted by Crippen LogP contribution is 2.26. The summed E-state index contributed by atoms with van der Waals surface area (Å²) in [5.74, 6) is -0.00230. The van der Waals surface area contributed by atoms with Crippen molar-refractivity contribution in [3.05, 3.63) is 77.2 Å². The van der Waals surface area contributed by atoms with Crippen molar-refractivity contribution < 1.29 is 19.2 Å². The van der Waals surface area contributed by atoms with E-state index in [1.165, 1.54) is 23.9 Å². The molecule has 138 valence electrons. The van der Waals surface area contributed by atoms with Crippen molar-refractivity contribution in [2.45, 2.75) is 17.6 Å². The van der Waals surface area contributed by atoms with Crippen molar-refractivity contribution in [2.75, 3.05) is 0 Å². The van der Waals surface area contributed by atoms with E-state index >= 15 is 0 Å². The molecular weight excluding hydrogens is 366 g/mol. The number of nitrogens with zero attached hydrogens (tertiary/aromatic N) is 1. The van der Waals surface area contributed by atoms with Gasteiger partial charge in [0.25, 0.3) is 11.8 Å². The van der Waals surface area contributed by atoms with Gasteiger partial charge in [0.15, 0.2) is 0 Å². The number of aromatic hydroxyl groups is 1. The van der Waals surface area contributed by atoms with Crippen LogP contribution in [-0.4, -0.2) is 22.1 Å². The number of phenolic OH excluding ortho intramolecular Hbond substituents is 1. The minimum Gasteiger partial charge on any atom is -0.507 e. The number of benzene rings is 2. The average molecular weight is 383 g/mol. The number of aryl methyl sites for hydroxylation is 1. The molecule has 0 aliphatic carbocycles. The van der Waals surface area contributed by atoms with Crippen molar-refractivity contribution in [3.63, 3.8) is 0 Å². The van der Waals surface area contributed by atoms with Crippen molar-refractivity contribution in [1.29, 1.82) is 0 Å². The molecule has 0 saturated carbocycles. The first-order chi connectivity index (χ1) is 13.0. The molecule has 0 aliphatic rings. The van der Waals surface area contributed by atoms with Gasteiger partial charge in [-0.1, -0.05) is 29.4 Å². The van der Waals surface area contributed by atoms with Crippen LogP contribution in [0.5, 0.6) is 5.75 Å². The smallest absolute Gasteiger partial charge is 0.273 e. The zero-order valence-electron chi connectivity index (χ0n) is 14.4. The monoisotopic (exact) mass is 383 g/mol. The predicted molar refractivity (Wildman–Crippen MR) is 100 cm³/mol. The Balaban J connectivity index is 1.64. The Kier molecular flexibility index (Phi) is 5.77. The second kappa shape index (κ2) is 8.41. The SMILES string of the molecule is Cc1cc(CSc2ccccc2C(=O)NNC(=O)c2ccccc2O)on1. The normalized spacial score (nSPS) is 10.4. The van der Waals surface area contributed by atoms with Gasteiger partial charge in [-0.05, 0) is 31.2 Å². The molecule has 2 aromatic carbocycles. The summed E-state index contributed by atoms with van der Waals surface area (Å²) in [7, 11) is 0. The lowest BCUT2D eigenvalue weighted by Crippen LogP contribution is -2.41. The van der Waals surface area contributed by atoms with Gasteiger partial charge in [0.2, 0.25) is 0 Å². The molecule has 3 rings (SSSR count). The van der Waals surface area contributed by atoms with Gasteiger partial charge in [-0.2, -0.15) is 0 Å². The first-order valence-electron chi connectivity index (χ1n) is 8.07. The largest absolute Gasteiger partial charge is 0.507 e. The number of carbonyl (C=O) groups excluding carboxylic acids is 2. The molecule has 3 N–H and O–H groups in total. The van der Waals surface area contributed by atoms with Crippen LogP contribution in [0.1, 0.15) is 32.2 Å². The molecule has 1 aromatic heterocycles. The molecule has 0 atom stereocenters. The van der Waals surface area contributed by atoms with Gasteiger partial charge >= 0.3 is 0 Å². The lowest BCUT2D eigenvalue weighted by Gasteiger charge is -2.11. The number of para-hydroxylation sites is 1. The van der Waals surface area contributed by atoms with Crippen LogP contribution in [0.2, 0.25) is 0 Å². The number of phenols is 1. The molecule has 0 bridgehead atoms. The maximum atomic E-state index is 12.5. The van der Waals surface area contributed by atoms with Crippen LogP contribution in [0, 0.1) is 6.92 Å². The van der Waals surface area contributed by atoms with Crippen LogP contribution in [0.3, 0.4) is 0 Å². The van der Waals surface area contributed by atoms with Crippen LogP contribution >= 0.6 is 11.8 Å². The number of hydrogen-bond donors (Lipinski definition) is 3. The standard InChI is InChI=1S/C19H17N3O4S/c1-12-10-13(26-22-12)11-27-17-9-5-3-7-15(17)19(25)21-20-18(24)14-6-2-4-8-16(14)23/h2-10,23H,11H2,1H3,(H,20,24)(H,21,25). The number of hydrogen-bond acceptors (Lipinski definition) is 6. The van der Waals surface area contributed by atoms with E-state index < -0.39 is 11.8 Å². The Bertz CT molecular complexity index is 971. The Hall–Kier alpha value is -3.26. The molecule has 0 saturated heterocycles. The second-order valence-corrected chi connectivity index (χ2v) is 6.66.